The summed E-state index contributed by atoms with van der Waals surface area (Å²) in [7, 11) is 0. The van der Waals surface area contributed by atoms with Crippen LogP contribution in [0.4, 0.5) is 4.79 Å². The standard InChI is InChI=1S/C28H26N2O5/c31-26(29-25(27(32)33)18-14-15-18)24(17-8-2-1-3-9-17)30-28(34)35-16-23-21-12-6-4-10-19(21)20-11-5-7-13-22(20)23/h1-13,18,23-25H,14-16H2,(H,29,31)(H,30,34)(H,32,33)/t24-,25?/m1/s1. The highest BCUT2D eigenvalue weighted by molar-refractivity contribution is 5.90. The van der Waals surface area contributed by atoms with Gasteiger partial charge in [-0.1, -0.05) is 78.9 Å². The number of ether oxygens (including phenoxy) is 1. The van der Waals surface area contributed by atoms with E-state index in [1.807, 2.05) is 36.4 Å². The van der Waals surface area contributed by atoms with Gasteiger partial charge in [-0.3, -0.25) is 4.79 Å². The molecule has 1 unspecified atom stereocenters. The first kappa shape index (κ1) is 22.7. The zero-order valence-corrected chi connectivity index (χ0v) is 19.0. The third-order valence-electron chi connectivity index (χ3n) is 6.66. The second-order valence-corrected chi connectivity index (χ2v) is 8.98. The van der Waals surface area contributed by atoms with Crippen molar-refractivity contribution in [1.82, 2.24) is 10.6 Å². The number of amides is 2. The Balaban J connectivity index is 1.30. The fourth-order valence-electron chi connectivity index (χ4n) is 4.75. The van der Waals surface area contributed by atoms with Crippen molar-refractivity contribution in [2.24, 2.45) is 5.92 Å². The molecule has 0 spiro atoms. The fraction of sp³-hybridized carbons (Fsp3) is 0.250. The van der Waals surface area contributed by atoms with Gasteiger partial charge in [0.25, 0.3) is 0 Å². The first-order valence-electron chi connectivity index (χ1n) is 11.7. The molecule has 0 heterocycles. The summed E-state index contributed by atoms with van der Waals surface area (Å²) in [6.45, 7) is 0.114. The summed E-state index contributed by atoms with van der Waals surface area (Å²) in [5.41, 5.74) is 4.97. The summed E-state index contributed by atoms with van der Waals surface area (Å²) in [5, 5.41) is 14.7. The van der Waals surface area contributed by atoms with Gasteiger partial charge in [-0.2, -0.15) is 0 Å². The maximum atomic E-state index is 13.1. The predicted molar refractivity (Wildman–Crippen MR) is 130 cm³/mol. The molecule has 2 aliphatic rings. The Hall–Kier alpha value is -4.13. The number of fused-ring (bicyclic) bond motifs is 3. The molecule has 178 valence electrons. The lowest BCUT2D eigenvalue weighted by Crippen LogP contribution is -2.48. The molecule has 3 aromatic carbocycles. The van der Waals surface area contributed by atoms with Gasteiger partial charge in [0.05, 0.1) is 0 Å². The minimum absolute atomic E-state index is 0.0812. The van der Waals surface area contributed by atoms with Crippen molar-refractivity contribution in [2.75, 3.05) is 6.61 Å². The van der Waals surface area contributed by atoms with Crippen LogP contribution in [0, 0.1) is 5.92 Å². The smallest absolute Gasteiger partial charge is 0.408 e. The molecule has 1 saturated carbocycles. The molecule has 0 aliphatic heterocycles. The van der Waals surface area contributed by atoms with Crippen LogP contribution in [0.15, 0.2) is 78.9 Å². The van der Waals surface area contributed by atoms with E-state index < -0.39 is 30.1 Å². The Morgan fingerprint density at radius 3 is 1.97 bits per heavy atom. The maximum absolute atomic E-state index is 13.1. The number of hydrogen-bond acceptors (Lipinski definition) is 4. The zero-order chi connectivity index (χ0) is 24.4. The number of alkyl carbamates (subject to hydrolysis) is 1. The molecule has 35 heavy (non-hydrogen) atoms. The second-order valence-electron chi connectivity index (χ2n) is 8.98. The largest absolute Gasteiger partial charge is 0.480 e. The summed E-state index contributed by atoms with van der Waals surface area (Å²) < 4.78 is 5.61. The number of carbonyl (C=O) groups is 3. The fourth-order valence-corrected chi connectivity index (χ4v) is 4.75. The number of hydrogen-bond donors (Lipinski definition) is 3. The molecule has 7 nitrogen and oxygen atoms in total. The number of carbonyl (C=O) groups excluding carboxylic acids is 2. The average molecular weight is 471 g/mol. The van der Waals surface area contributed by atoms with Crippen LogP contribution >= 0.6 is 0 Å². The molecule has 3 N–H and O–H groups in total. The molecular weight excluding hydrogens is 444 g/mol. The van der Waals surface area contributed by atoms with Crippen LogP contribution in [0.2, 0.25) is 0 Å². The third kappa shape index (κ3) is 4.75. The van der Waals surface area contributed by atoms with Gasteiger partial charge in [-0.25, -0.2) is 9.59 Å². The van der Waals surface area contributed by atoms with Crippen molar-refractivity contribution in [1.29, 1.82) is 0 Å². The predicted octanol–water partition coefficient (Wildman–Crippen LogP) is 4.25. The highest BCUT2D eigenvalue weighted by atomic mass is 16.5. The van der Waals surface area contributed by atoms with E-state index in [9.17, 15) is 19.5 Å². The summed E-state index contributed by atoms with van der Waals surface area (Å²) >= 11 is 0. The minimum Gasteiger partial charge on any atom is -0.480 e. The van der Waals surface area contributed by atoms with Crippen LogP contribution in [-0.4, -0.2) is 35.7 Å². The lowest BCUT2D eigenvalue weighted by molar-refractivity contribution is -0.142. The zero-order valence-electron chi connectivity index (χ0n) is 19.0. The van der Waals surface area contributed by atoms with Gasteiger partial charge in [0.15, 0.2) is 0 Å². The van der Waals surface area contributed by atoms with Crippen molar-refractivity contribution in [3.8, 4) is 11.1 Å². The highest BCUT2D eigenvalue weighted by Gasteiger charge is 2.39. The Kier molecular flexibility index (Phi) is 6.23. The highest BCUT2D eigenvalue weighted by Crippen LogP contribution is 2.44. The third-order valence-corrected chi connectivity index (χ3v) is 6.66. The van der Waals surface area contributed by atoms with Gasteiger partial charge >= 0.3 is 12.1 Å². The van der Waals surface area contributed by atoms with Gasteiger partial charge in [-0.05, 0) is 46.6 Å². The quantitative estimate of drug-likeness (QED) is 0.457. The summed E-state index contributed by atoms with van der Waals surface area (Å²) in [5.74, 6) is -1.84. The second kappa shape index (κ2) is 9.62. The Morgan fingerprint density at radius 2 is 1.40 bits per heavy atom. The van der Waals surface area contributed by atoms with Crippen LogP contribution in [0.1, 0.15) is 41.5 Å². The van der Waals surface area contributed by atoms with Crippen molar-refractivity contribution >= 4 is 18.0 Å². The summed E-state index contributed by atoms with van der Waals surface area (Å²) in [4.78, 5) is 37.5. The van der Waals surface area contributed by atoms with E-state index in [0.717, 1.165) is 35.1 Å². The van der Waals surface area contributed by atoms with Crippen molar-refractivity contribution < 1.29 is 24.2 Å². The van der Waals surface area contributed by atoms with E-state index in [1.165, 1.54) is 0 Å². The molecule has 2 atom stereocenters. The molecule has 0 saturated heterocycles. The summed E-state index contributed by atoms with van der Waals surface area (Å²) in [6, 6.07) is 22.8. The van der Waals surface area contributed by atoms with Gasteiger partial charge in [0.2, 0.25) is 5.91 Å². The summed E-state index contributed by atoms with van der Waals surface area (Å²) in [6.07, 6.45) is 0.772. The number of nitrogens with one attached hydrogen (secondary N) is 2. The van der Waals surface area contributed by atoms with E-state index in [-0.39, 0.29) is 18.4 Å². The van der Waals surface area contributed by atoms with Crippen LogP contribution in [0.25, 0.3) is 11.1 Å². The Labute approximate surface area is 203 Å². The van der Waals surface area contributed by atoms with E-state index >= 15 is 0 Å². The first-order valence-corrected chi connectivity index (χ1v) is 11.7. The number of benzene rings is 3. The van der Waals surface area contributed by atoms with Crippen molar-refractivity contribution in [3.05, 3.63) is 95.6 Å². The van der Waals surface area contributed by atoms with Crippen LogP contribution in [0.3, 0.4) is 0 Å². The van der Waals surface area contributed by atoms with Gasteiger partial charge < -0.3 is 20.5 Å². The lowest BCUT2D eigenvalue weighted by Gasteiger charge is -2.22. The average Bonchev–Trinajstić information content (AvgIpc) is 3.67. The molecule has 1 fully saturated rings. The molecule has 2 amide bonds. The van der Waals surface area contributed by atoms with Crippen molar-refractivity contribution in [2.45, 2.75) is 30.8 Å². The first-order chi connectivity index (χ1) is 17.0. The maximum Gasteiger partial charge on any atom is 0.408 e. The number of carboxylic acids is 1. The number of rotatable bonds is 8. The van der Waals surface area contributed by atoms with Gasteiger partial charge in [-0.15, -0.1) is 0 Å². The van der Waals surface area contributed by atoms with Crippen molar-refractivity contribution in [3.63, 3.8) is 0 Å². The van der Waals surface area contributed by atoms with Gasteiger partial charge in [0, 0.05) is 5.92 Å². The molecule has 3 aromatic rings. The molecule has 5 rings (SSSR count). The molecule has 0 bridgehead atoms. The Bertz CT molecular complexity index is 1210. The molecule has 2 aliphatic carbocycles. The number of aliphatic carboxylic acids is 1. The van der Waals surface area contributed by atoms with E-state index in [4.69, 9.17) is 4.74 Å². The molecule has 7 heteroatoms. The topological polar surface area (TPSA) is 105 Å². The normalized spacial score (nSPS) is 15.9. The Morgan fingerprint density at radius 1 is 0.829 bits per heavy atom. The molecular formula is C28H26N2O5. The van der Waals surface area contributed by atoms with E-state index in [2.05, 4.69) is 22.8 Å². The van der Waals surface area contributed by atoms with Crippen LogP contribution in [-0.2, 0) is 14.3 Å². The monoisotopic (exact) mass is 470 g/mol. The van der Waals surface area contributed by atoms with Crippen LogP contribution < -0.4 is 10.6 Å². The minimum atomic E-state index is -1.08. The van der Waals surface area contributed by atoms with Crippen LogP contribution in [0.5, 0.6) is 0 Å². The van der Waals surface area contributed by atoms with Gasteiger partial charge in [0.1, 0.15) is 18.7 Å². The van der Waals surface area contributed by atoms with E-state index in [1.54, 1.807) is 30.3 Å². The molecule has 0 radical (unpaired) electrons. The lowest BCUT2D eigenvalue weighted by atomic mass is 9.98. The van der Waals surface area contributed by atoms with E-state index in [0.29, 0.717) is 5.56 Å². The number of carboxylic acid groups (broad SMARTS) is 1. The SMILES string of the molecule is O=C(N[C@@H](C(=O)NC(C(=O)O)C1CC1)c1ccccc1)OCC1c2ccccc2-c2ccccc21. The molecule has 0 aromatic heterocycles.